The van der Waals surface area contributed by atoms with Crippen LogP contribution in [0.2, 0.25) is 0 Å². The number of piperidine rings is 1. The summed E-state index contributed by atoms with van der Waals surface area (Å²) in [6.45, 7) is 1.45. The molecule has 0 aliphatic carbocycles. The van der Waals surface area contributed by atoms with E-state index >= 15 is 0 Å². The molecule has 1 N–H and O–H groups in total. The third-order valence-electron chi connectivity index (χ3n) is 3.44. The Morgan fingerprint density at radius 2 is 2.21 bits per heavy atom. The highest BCUT2D eigenvalue weighted by Gasteiger charge is 2.22. The topological polar surface area (TPSA) is 32.3 Å². The second-order valence-corrected chi connectivity index (χ2v) is 4.93. The van der Waals surface area contributed by atoms with Gasteiger partial charge in [0, 0.05) is 19.6 Å². The van der Waals surface area contributed by atoms with E-state index < -0.39 is 17.5 Å². The fourth-order valence-electron chi connectivity index (χ4n) is 2.37. The van der Waals surface area contributed by atoms with Crippen LogP contribution in [0.15, 0.2) is 18.2 Å². The normalized spacial score (nSPS) is 19.2. The lowest BCUT2D eigenvalue weighted by atomic mass is 10.0. The van der Waals surface area contributed by atoms with Crippen LogP contribution >= 0.6 is 0 Å². The molecule has 1 aliphatic heterocycles. The number of hydrogen-bond acceptors (Lipinski definition) is 2. The van der Waals surface area contributed by atoms with Gasteiger partial charge in [-0.1, -0.05) is 12.5 Å². The first-order valence-electron chi connectivity index (χ1n) is 6.52. The highest BCUT2D eigenvalue weighted by molar-refractivity contribution is 5.94. The minimum absolute atomic E-state index is 0.210. The van der Waals surface area contributed by atoms with Crippen molar-refractivity contribution in [2.75, 3.05) is 20.1 Å². The molecule has 1 amide bonds. The lowest BCUT2D eigenvalue weighted by molar-refractivity contribution is 0.0769. The van der Waals surface area contributed by atoms with E-state index in [2.05, 4.69) is 5.32 Å². The molecular weight excluding hydrogens is 250 g/mol. The Kier molecular flexibility index (Phi) is 4.47. The average molecular weight is 268 g/mol. The number of carbonyl (C=O) groups is 1. The summed E-state index contributed by atoms with van der Waals surface area (Å²) < 4.78 is 26.7. The summed E-state index contributed by atoms with van der Waals surface area (Å²) in [5.41, 5.74) is -0.210. The van der Waals surface area contributed by atoms with Gasteiger partial charge in [0.25, 0.3) is 5.91 Å². The first kappa shape index (κ1) is 13.9. The highest BCUT2D eigenvalue weighted by Crippen LogP contribution is 2.14. The number of hydrogen-bond donors (Lipinski definition) is 1. The Balaban J connectivity index is 2.03. The van der Waals surface area contributed by atoms with Gasteiger partial charge in [0.05, 0.1) is 5.56 Å². The molecule has 1 fully saturated rings. The van der Waals surface area contributed by atoms with Gasteiger partial charge in [-0.2, -0.15) is 0 Å². The molecule has 1 aromatic rings. The first-order chi connectivity index (χ1) is 9.09. The van der Waals surface area contributed by atoms with Crippen molar-refractivity contribution >= 4 is 5.91 Å². The first-order valence-corrected chi connectivity index (χ1v) is 6.52. The predicted octanol–water partition coefficient (Wildman–Crippen LogP) is 2.18. The maximum atomic E-state index is 13.6. The molecule has 1 heterocycles. The van der Waals surface area contributed by atoms with E-state index in [9.17, 15) is 13.6 Å². The monoisotopic (exact) mass is 268 g/mol. The molecule has 3 nitrogen and oxygen atoms in total. The van der Waals surface area contributed by atoms with Crippen molar-refractivity contribution in [2.45, 2.75) is 25.3 Å². The summed E-state index contributed by atoms with van der Waals surface area (Å²) >= 11 is 0. The molecule has 19 heavy (non-hydrogen) atoms. The molecule has 2 rings (SSSR count). The van der Waals surface area contributed by atoms with E-state index in [1.54, 1.807) is 7.05 Å². The van der Waals surface area contributed by atoms with Crippen LogP contribution in [0, 0.1) is 11.6 Å². The molecule has 1 saturated heterocycles. The van der Waals surface area contributed by atoms with E-state index in [0.717, 1.165) is 31.9 Å². The largest absolute Gasteiger partial charge is 0.340 e. The molecule has 0 spiro atoms. The Labute approximate surface area is 111 Å². The number of rotatable bonds is 3. The van der Waals surface area contributed by atoms with Crippen molar-refractivity contribution in [3.05, 3.63) is 35.4 Å². The van der Waals surface area contributed by atoms with Gasteiger partial charge in [0.1, 0.15) is 0 Å². The molecule has 0 saturated carbocycles. The quantitative estimate of drug-likeness (QED) is 0.911. The molecule has 1 unspecified atom stereocenters. The molecule has 0 aromatic heterocycles. The molecule has 0 bridgehead atoms. The minimum Gasteiger partial charge on any atom is -0.340 e. The average Bonchev–Trinajstić information content (AvgIpc) is 2.42. The van der Waals surface area contributed by atoms with Gasteiger partial charge in [0.15, 0.2) is 11.6 Å². The van der Waals surface area contributed by atoms with Gasteiger partial charge in [-0.15, -0.1) is 0 Å². The number of likely N-dealkylation sites (N-methyl/N-ethyl adjacent to an activating group) is 1. The summed E-state index contributed by atoms with van der Waals surface area (Å²) in [6.07, 6.45) is 3.28. The van der Waals surface area contributed by atoms with Crippen molar-refractivity contribution in [2.24, 2.45) is 0 Å². The van der Waals surface area contributed by atoms with E-state index in [1.807, 2.05) is 0 Å². The van der Waals surface area contributed by atoms with E-state index in [1.165, 1.54) is 17.0 Å². The van der Waals surface area contributed by atoms with Crippen molar-refractivity contribution in [1.29, 1.82) is 0 Å². The zero-order valence-electron chi connectivity index (χ0n) is 11.0. The van der Waals surface area contributed by atoms with Crippen LogP contribution in [0.25, 0.3) is 0 Å². The fourth-order valence-corrected chi connectivity index (χ4v) is 2.37. The van der Waals surface area contributed by atoms with Crippen LogP contribution in [0.3, 0.4) is 0 Å². The maximum Gasteiger partial charge on any atom is 0.256 e. The second-order valence-electron chi connectivity index (χ2n) is 4.93. The third kappa shape index (κ3) is 3.29. The Morgan fingerprint density at radius 3 is 2.89 bits per heavy atom. The van der Waals surface area contributed by atoms with Gasteiger partial charge in [-0.3, -0.25) is 4.79 Å². The summed E-state index contributed by atoms with van der Waals surface area (Å²) in [5.74, 6) is -2.55. The van der Waals surface area contributed by atoms with Crippen LogP contribution < -0.4 is 5.32 Å². The number of benzene rings is 1. The smallest absolute Gasteiger partial charge is 0.256 e. The van der Waals surface area contributed by atoms with Gasteiger partial charge in [-0.05, 0) is 31.5 Å². The molecule has 1 aromatic carbocycles. The summed E-state index contributed by atoms with van der Waals surface area (Å²) in [7, 11) is 1.61. The Bertz CT molecular complexity index is 459. The van der Waals surface area contributed by atoms with Gasteiger partial charge < -0.3 is 10.2 Å². The van der Waals surface area contributed by atoms with Gasteiger partial charge >= 0.3 is 0 Å². The Hall–Kier alpha value is -1.49. The fraction of sp³-hybridized carbons (Fsp3) is 0.500. The molecule has 104 valence electrons. The van der Waals surface area contributed by atoms with Crippen molar-refractivity contribution in [1.82, 2.24) is 10.2 Å². The van der Waals surface area contributed by atoms with Crippen LogP contribution in [-0.4, -0.2) is 37.0 Å². The molecule has 1 atom stereocenters. The van der Waals surface area contributed by atoms with Gasteiger partial charge in [0.2, 0.25) is 0 Å². The maximum absolute atomic E-state index is 13.6. The van der Waals surface area contributed by atoms with Crippen LogP contribution in [0.5, 0.6) is 0 Å². The summed E-state index contributed by atoms with van der Waals surface area (Å²) in [5, 5.41) is 3.32. The lowest BCUT2D eigenvalue weighted by Crippen LogP contribution is -2.44. The summed E-state index contributed by atoms with van der Waals surface area (Å²) in [6, 6.07) is 3.90. The number of halogens is 2. The number of amides is 1. The highest BCUT2D eigenvalue weighted by atomic mass is 19.2. The van der Waals surface area contributed by atoms with Crippen molar-refractivity contribution in [3.63, 3.8) is 0 Å². The standard InChI is InChI=1S/C14H18F2N2O/c1-18(9-10-5-2-3-8-17-10)14(19)11-6-4-7-12(15)13(11)16/h4,6-7,10,17H,2-3,5,8-9H2,1H3. The zero-order chi connectivity index (χ0) is 13.8. The second kappa shape index (κ2) is 6.10. The number of carbonyl (C=O) groups excluding carboxylic acids is 1. The third-order valence-corrected chi connectivity index (χ3v) is 3.44. The van der Waals surface area contributed by atoms with E-state index in [-0.39, 0.29) is 11.6 Å². The minimum atomic E-state index is -1.07. The van der Waals surface area contributed by atoms with Crippen molar-refractivity contribution < 1.29 is 13.6 Å². The predicted molar refractivity (Wildman–Crippen MR) is 69.0 cm³/mol. The molecule has 0 radical (unpaired) electrons. The molecular formula is C14H18F2N2O. The zero-order valence-corrected chi connectivity index (χ0v) is 11.0. The molecule has 1 aliphatic rings. The van der Waals surface area contributed by atoms with E-state index in [0.29, 0.717) is 6.54 Å². The SMILES string of the molecule is CN(CC1CCCCN1)C(=O)c1cccc(F)c1F. The Morgan fingerprint density at radius 1 is 1.42 bits per heavy atom. The summed E-state index contributed by atoms with van der Waals surface area (Å²) in [4.78, 5) is 13.5. The van der Waals surface area contributed by atoms with E-state index in [4.69, 9.17) is 0 Å². The lowest BCUT2D eigenvalue weighted by Gasteiger charge is -2.28. The number of nitrogens with one attached hydrogen (secondary N) is 1. The van der Waals surface area contributed by atoms with Crippen molar-refractivity contribution in [3.8, 4) is 0 Å². The van der Waals surface area contributed by atoms with Gasteiger partial charge in [-0.25, -0.2) is 8.78 Å². The molecule has 5 heteroatoms. The van der Waals surface area contributed by atoms with Crippen LogP contribution in [0.1, 0.15) is 29.6 Å². The number of nitrogens with zero attached hydrogens (tertiary/aromatic N) is 1. The van der Waals surface area contributed by atoms with Crippen LogP contribution in [0.4, 0.5) is 8.78 Å². The van der Waals surface area contributed by atoms with Crippen LogP contribution in [-0.2, 0) is 0 Å².